The van der Waals surface area contributed by atoms with E-state index in [1.165, 1.54) is 6.92 Å². The molecule has 0 radical (unpaired) electrons. The smallest absolute Gasteiger partial charge is 0.307 e. The van der Waals surface area contributed by atoms with Gasteiger partial charge in [-0.15, -0.1) is 0 Å². The van der Waals surface area contributed by atoms with Crippen LogP contribution in [0.3, 0.4) is 0 Å². The number of aliphatic hydroxyl groups is 1. The number of aliphatic carboxylic acids is 1. The van der Waals surface area contributed by atoms with Crippen LogP contribution < -0.4 is 0 Å². The summed E-state index contributed by atoms with van der Waals surface area (Å²) >= 11 is 0. The molecule has 2 N–H and O–H groups in total. The van der Waals surface area contributed by atoms with Crippen molar-refractivity contribution in [3.63, 3.8) is 0 Å². The molecule has 1 unspecified atom stereocenters. The molecule has 4 heteroatoms. The third-order valence-corrected chi connectivity index (χ3v) is 2.58. The summed E-state index contributed by atoms with van der Waals surface area (Å²) < 4.78 is 0. The van der Waals surface area contributed by atoms with Crippen LogP contribution in [0.5, 0.6) is 0 Å². The van der Waals surface area contributed by atoms with Crippen LogP contribution in [-0.4, -0.2) is 22.0 Å². The topological polar surface area (TPSA) is 74.6 Å². The van der Waals surface area contributed by atoms with Gasteiger partial charge in [0.15, 0.2) is 0 Å². The van der Waals surface area contributed by atoms with Crippen molar-refractivity contribution in [1.82, 2.24) is 0 Å². The normalized spacial score (nSPS) is 14.0. The number of benzene rings is 1. The highest BCUT2D eigenvalue weighted by molar-refractivity contribution is 5.82. The predicted octanol–water partition coefficient (Wildman–Crippen LogP) is 1.79. The lowest BCUT2D eigenvalue weighted by atomic mass is 9.93. The van der Waals surface area contributed by atoms with Crippen molar-refractivity contribution in [2.75, 3.05) is 0 Å². The number of carboxylic acids is 1. The number of carboxylic acid groups (broad SMARTS) is 1. The van der Waals surface area contributed by atoms with E-state index in [9.17, 15) is 14.7 Å². The molecular formula is C13H16O4. The van der Waals surface area contributed by atoms with Crippen LogP contribution in [0.25, 0.3) is 0 Å². The number of hydrogen-bond acceptors (Lipinski definition) is 3. The first kappa shape index (κ1) is 13.4. The van der Waals surface area contributed by atoms with Gasteiger partial charge in [0.25, 0.3) is 0 Å². The number of Topliss-reactive ketones (excluding diaryl/α,β-unsaturated/α-hetero) is 1. The Morgan fingerprint density at radius 3 is 2.29 bits per heavy atom. The minimum absolute atomic E-state index is 0.0424. The lowest BCUT2D eigenvalue weighted by Gasteiger charge is -2.16. The first-order valence-electron chi connectivity index (χ1n) is 5.46. The lowest BCUT2D eigenvalue weighted by Crippen LogP contribution is -2.19. The Hall–Kier alpha value is -1.68. The van der Waals surface area contributed by atoms with E-state index in [2.05, 4.69) is 0 Å². The average Bonchev–Trinajstić information content (AvgIpc) is 2.28. The Balaban J connectivity index is 2.67. The van der Waals surface area contributed by atoms with Gasteiger partial charge >= 0.3 is 5.97 Å². The highest BCUT2D eigenvalue weighted by Gasteiger charge is 2.23. The minimum Gasteiger partial charge on any atom is -0.481 e. The molecule has 0 spiro atoms. The van der Waals surface area contributed by atoms with Gasteiger partial charge in [-0.25, -0.2) is 0 Å². The third-order valence-electron chi connectivity index (χ3n) is 2.58. The molecule has 0 bridgehead atoms. The van der Waals surface area contributed by atoms with E-state index >= 15 is 0 Å². The fraction of sp³-hybridized carbons (Fsp3) is 0.385. The highest BCUT2D eigenvalue weighted by atomic mass is 16.4. The van der Waals surface area contributed by atoms with Crippen LogP contribution in [0.2, 0.25) is 0 Å². The molecule has 0 aromatic heterocycles. The van der Waals surface area contributed by atoms with E-state index in [1.807, 2.05) is 6.07 Å². The van der Waals surface area contributed by atoms with Crippen molar-refractivity contribution in [1.29, 1.82) is 0 Å². The molecule has 0 amide bonds. The second-order valence-corrected chi connectivity index (χ2v) is 4.10. The van der Waals surface area contributed by atoms with Gasteiger partial charge in [-0.3, -0.25) is 4.79 Å². The first-order valence-corrected chi connectivity index (χ1v) is 5.46. The Morgan fingerprint density at radius 2 is 1.82 bits per heavy atom. The number of carbonyl (C=O) groups is 2. The van der Waals surface area contributed by atoms with Crippen molar-refractivity contribution >= 4 is 11.8 Å². The van der Waals surface area contributed by atoms with E-state index in [1.54, 1.807) is 24.3 Å². The van der Waals surface area contributed by atoms with Crippen molar-refractivity contribution in [2.45, 2.75) is 25.9 Å². The summed E-state index contributed by atoms with van der Waals surface area (Å²) in [4.78, 5) is 21.9. The van der Waals surface area contributed by atoms with Crippen molar-refractivity contribution in [3.05, 3.63) is 35.9 Å². The Kier molecular flexibility index (Phi) is 4.84. The molecule has 2 atom stereocenters. The first-order chi connectivity index (χ1) is 8.00. The molecule has 1 aromatic rings. The molecule has 92 valence electrons. The predicted molar refractivity (Wildman–Crippen MR) is 62.4 cm³/mol. The van der Waals surface area contributed by atoms with E-state index in [-0.39, 0.29) is 18.6 Å². The summed E-state index contributed by atoms with van der Waals surface area (Å²) in [5.74, 6) is -2.06. The number of aliphatic hydroxyl groups excluding tert-OH is 1. The summed E-state index contributed by atoms with van der Waals surface area (Å²) in [6.07, 6.45) is -0.838. The van der Waals surface area contributed by atoms with Crippen LogP contribution >= 0.6 is 0 Å². The van der Waals surface area contributed by atoms with Gasteiger partial charge in [-0.05, 0) is 18.9 Å². The van der Waals surface area contributed by atoms with Gasteiger partial charge in [0.05, 0.1) is 12.0 Å². The van der Waals surface area contributed by atoms with Crippen LogP contribution in [0.1, 0.15) is 31.4 Å². The van der Waals surface area contributed by atoms with Crippen LogP contribution in [0, 0.1) is 5.92 Å². The van der Waals surface area contributed by atoms with Gasteiger partial charge < -0.3 is 15.0 Å². The fourth-order valence-corrected chi connectivity index (χ4v) is 1.70. The molecule has 0 saturated heterocycles. The maximum Gasteiger partial charge on any atom is 0.307 e. The largest absolute Gasteiger partial charge is 0.481 e. The molecule has 0 saturated carbocycles. The Labute approximate surface area is 99.9 Å². The number of rotatable bonds is 6. The standard InChI is InChI=1S/C13H16O4/c1-9(14)7-11(13(16)17)8-12(15)10-5-3-2-4-6-10/h2-6,11-12,15H,7-8H2,1H3,(H,16,17)/t11-,12?/m1/s1. The molecule has 0 fully saturated rings. The minimum atomic E-state index is -1.05. The quantitative estimate of drug-likeness (QED) is 0.789. The maximum absolute atomic E-state index is 10.9. The second-order valence-electron chi connectivity index (χ2n) is 4.10. The molecule has 4 nitrogen and oxygen atoms in total. The molecule has 1 aromatic carbocycles. The summed E-state index contributed by atoms with van der Waals surface area (Å²) in [5.41, 5.74) is 0.669. The molecule has 0 heterocycles. The van der Waals surface area contributed by atoms with Gasteiger partial charge in [0.1, 0.15) is 5.78 Å². The van der Waals surface area contributed by atoms with Gasteiger partial charge in [0, 0.05) is 6.42 Å². The molecule has 0 aliphatic heterocycles. The summed E-state index contributed by atoms with van der Waals surface area (Å²) in [6, 6.07) is 8.84. The number of ketones is 1. The number of hydrogen-bond donors (Lipinski definition) is 2. The van der Waals surface area contributed by atoms with Crippen molar-refractivity contribution in [2.24, 2.45) is 5.92 Å². The SMILES string of the molecule is CC(=O)C[C@H](CC(O)c1ccccc1)C(=O)O. The zero-order valence-corrected chi connectivity index (χ0v) is 9.67. The second kappa shape index (κ2) is 6.15. The zero-order chi connectivity index (χ0) is 12.8. The lowest BCUT2D eigenvalue weighted by molar-refractivity contribution is -0.144. The summed E-state index contributed by atoms with van der Waals surface area (Å²) in [5, 5.41) is 18.8. The molecule has 17 heavy (non-hydrogen) atoms. The Morgan fingerprint density at radius 1 is 1.24 bits per heavy atom. The average molecular weight is 236 g/mol. The van der Waals surface area contributed by atoms with Crippen LogP contribution in [-0.2, 0) is 9.59 Å². The summed E-state index contributed by atoms with van der Waals surface area (Å²) in [7, 11) is 0. The van der Waals surface area contributed by atoms with E-state index in [0.717, 1.165) is 0 Å². The van der Waals surface area contributed by atoms with E-state index < -0.39 is 18.0 Å². The molecule has 0 aliphatic carbocycles. The van der Waals surface area contributed by atoms with Crippen molar-refractivity contribution < 1.29 is 19.8 Å². The molecule has 0 aliphatic rings. The van der Waals surface area contributed by atoms with Gasteiger partial charge in [-0.2, -0.15) is 0 Å². The van der Waals surface area contributed by atoms with Gasteiger partial charge in [0.2, 0.25) is 0 Å². The number of carbonyl (C=O) groups excluding carboxylic acids is 1. The van der Waals surface area contributed by atoms with Crippen molar-refractivity contribution in [3.8, 4) is 0 Å². The van der Waals surface area contributed by atoms with E-state index in [4.69, 9.17) is 5.11 Å². The Bertz CT molecular complexity index is 386. The third kappa shape index (κ3) is 4.36. The molecule has 1 rings (SSSR count). The monoisotopic (exact) mass is 236 g/mol. The highest BCUT2D eigenvalue weighted by Crippen LogP contribution is 2.23. The fourth-order valence-electron chi connectivity index (χ4n) is 1.70. The summed E-state index contributed by atoms with van der Waals surface area (Å²) in [6.45, 7) is 1.35. The molecular weight excluding hydrogens is 220 g/mol. The maximum atomic E-state index is 10.9. The van der Waals surface area contributed by atoms with Gasteiger partial charge in [-0.1, -0.05) is 30.3 Å². The van der Waals surface area contributed by atoms with E-state index in [0.29, 0.717) is 5.56 Å². The van der Waals surface area contributed by atoms with Crippen LogP contribution in [0.4, 0.5) is 0 Å². The zero-order valence-electron chi connectivity index (χ0n) is 9.67. The van der Waals surface area contributed by atoms with Crippen LogP contribution in [0.15, 0.2) is 30.3 Å².